The van der Waals surface area contributed by atoms with Crippen molar-refractivity contribution in [1.82, 2.24) is 18.7 Å². The Bertz CT molecular complexity index is 1250. The summed E-state index contributed by atoms with van der Waals surface area (Å²) in [7, 11) is 0. The lowest BCUT2D eigenvalue weighted by Gasteiger charge is -2.15. The van der Waals surface area contributed by atoms with Crippen molar-refractivity contribution in [3.8, 4) is 0 Å². The van der Waals surface area contributed by atoms with Gasteiger partial charge in [0, 0.05) is 23.6 Å². The number of aliphatic hydroxyl groups is 1. The molecule has 0 atom stereocenters. The molecule has 1 aliphatic rings. The Morgan fingerprint density at radius 1 is 1.12 bits per heavy atom. The molecule has 1 aromatic carbocycles. The molecule has 2 heterocycles. The third kappa shape index (κ3) is 4.84. The van der Waals surface area contributed by atoms with Gasteiger partial charge >= 0.3 is 5.69 Å². The van der Waals surface area contributed by atoms with Gasteiger partial charge in [-0.2, -0.15) is 0 Å². The van der Waals surface area contributed by atoms with E-state index in [2.05, 4.69) is 0 Å². The van der Waals surface area contributed by atoms with E-state index in [9.17, 15) is 19.1 Å². The molecule has 2 aromatic heterocycles. The molecule has 0 amide bonds. The Morgan fingerprint density at radius 3 is 2.50 bits per heavy atom. The molecule has 0 saturated heterocycles. The second-order valence-electron chi connectivity index (χ2n) is 9.09. The summed E-state index contributed by atoms with van der Waals surface area (Å²) in [6.07, 6.45) is 8.88. The maximum atomic E-state index is 14.7. The van der Waals surface area contributed by atoms with Crippen LogP contribution in [0.1, 0.15) is 63.3 Å². The lowest BCUT2D eigenvalue weighted by molar-refractivity contribution is 0.274. The van der Waals surface area contributed by atoms with Gasteiger partial charge in [0.25, 0.3) is 5.56 Å². The van der Waals surface area contributed by atoms with Crippen LogP contribution in [0.5, 0.6) is 0 Å². The van der Waals surface area contributed by atoms with Gasteiger partial charge in [-0.3, -0.25) is 13.9 Å². The first-order valence-corrected chi connectivity index (χ1v) is 12.6. The molecule has 0 spiro atoms. The van der Waals surface area contributed by atoms with E-state index in [1.807, 2.05) is 0 Å². The first kappa shape index (κ1) is 24.7. The number of aryl methyl sites for hydroxylation is 1. The van der Waals surface area contributed by atoms with Crippen LogP contribution < -0.4 is 11.2 Å². The molecule has 9 heteroatoms. The van der Waals surface area contributed by atoms with Crippen molar-refractivity contribution < 1.29 is 9.50 Å². The molecule has 1 saturated carbocycles. The average Bonchev–Trinajstić information content (AvgIpc) is 2.97. The lowest BCUT2D eigenvalue weighted by atomic mass is 9.95. The number of benzene rings is 1. The van der Waals surface area contributed by atoms with E-state index in [0.717, 1.165) is 11.0 Å². The van der Waals surface area contributed by atoms with Crippen LogP contribution in [-0.4, -0.2) is 30.4 Å². The first-order valence-electron chi connectivity index (χ1n) is 12.2. The molecule has 1 aliphatic carbocycles. The largest absolute Gasteiger partial charge is 0.395 e. The second kappa shape index (κ2) is 10.9. The van der Waals surface area contributed by atoms with Crippen molar-refractivity contribution in [2.75, 3.05) is 6.61 Å². The normalized spacial score (nSPS) is 15.2. The van der Waals surface area contributed by atoms with E-state index in [1.165, 1.54) is 49.2 Å². The third-order valence-electron chi connectivity index (χ3n) is 6.96. The molecule has 34 heavy (non-hydrogen) atoms. The molecule has 1 fully saturated rings. The summed E-state index contributed by atoms with van der Waals surface area (Å²) in [5, 5.41) is 9.85. The average molecular weight is 491 g/mol. The summed E-state index contributed by atoms with van der Waals surface area (Å²) in [6.45, 7) is 1.70. The molecule has 184 valence electrons. The second-order valence-corrected chi connectivity index (χ2v) is 9.50. The summed E-state index contributed by atoms with van der Waals surface area (Å²) < 4.78 is 18.9. The van der Waals surface area contributed by atoms with Gasteiger partial charge in [0.15, 0.2) is 11.2 Å². The number of aliphatic hydroxyl groups excluding tert-OH is 1. The summed E-state index contributed by atoms with van der Waals surface area (Å²) in [5.74, 6) is 0.763. The van der Waals surface area contributed by atoms with Crippen molar-refractivity contribution in [2.45, 2.75) is 77.9 Å². The van der Waals surface area contributed by atoms with Gasteiger partial charge in [-0.15, -0.1) is 0 Å². The summed E-state index contributed by atoms with van der Waals surface area (Å²) >= 11 is 6.33. The van der Waals surface area contributed by atoms with Crippen molar-refractivity contribution in [2.24, 2.45) is 5.92 Å². The lowest BCUT2D eigenvalue weighted by Crippen LogP contribution is -2.40. The summed E-state index contributed by atoms with van der Waals surface area (Å²) in [6, 6.07) is 4.51. The zero-order chi connectivity index (χ0) is 24.2. The fourth-order valence-electron chi connectivity index (χ4n) is 5.10. The van der Waals surface area contributed by atoms with Crippen LogP contribution in [0.15, 0.2) is 27.8 Å². The monoisotopic (exact) mass is 490 g/mol. The van der Waals surface area contributed by atoms with Crippen LogP contribution in [0.4, 0.5) is 4.39 Å². The predicted molar refractivity (Wildman–Crippen MR) is 131 cm³/mol. The highest BCUT2D eigenvalue weighted by molar-refractivity contribution is 6.31. The fraction of sp³-hybridized carbons (Fsp3) is 0.560. The number of hydrogen-bond acceptors (Lipinski definition) is 4. The highest BCUT2D eigenvalue weighted by Crippen LogP contribution is 2.28. The molecule has 7 nitrogen and oxygen atoms in total. The molecule has 0 unspecified atom stereocenters. The topological polar surface area (TPSA) is 82.1 Å². The minimum Gasteiger partial charge on any atom is -0.395 e. The summed E-state index contributed by atoms with van der Waals surface area (Å²) in [5.41, 5.74) is -0.209. The van der Waals surface area contributed by atoms with Gasteiger partial charge in [-0.25, -0.2) is 14.2 Å². The molecule has 0 bridgehead atoms. The number of hydrogen-bond donors (Lipinski definition) is 1. The van der Waals surface area contributed by atoms with Crippen LogP contribution in [0.2, 0.25) is 5.02 Å². The quantitative estimate of drug-likeness (QED) is 0.482. The Hall–Kier alpha value is -2.45. The van der Waals surface area contributed by atoms with E-state index in [-0.39, 0.29) is 48.0 Å². The van der Waals surface area contributed by atoms with E-state index in [1.54, 1.807) is 23.6 Å². The van der Waals surface area contributed by atoms with Crippen molar-refractivity contribution in [1.29, 1.82) is 0 Å². The number of rotatable bonds is 8. The van der Waals surface area contributed by atoms with E-state index < -0.39 is 17.1 Å². The predicted octanol–water partition coefficient (Wildman–Crippen LogP) is 4.12. The highest BCUT2D eigenvalue weighted by atomic mass is 35.5. The molecule has 1 N–H and O–H groups in total. The van der Waals surface area contributed by atoms with Gasteiger partial charge in [0.2, 0.25) is 0 Å². The fourth-order valence-corrected chi connectivity index (χ4v) is 5.33. The number of nitrogens with zero attached hydrogens (tertiary/aromatic N) is 4. The number of imidazole rings is 1. The van der Waals surface area contributed by atoms with Gasteiger partial charge in [-0.05, 0) is 31.4 Å². The molecule has 0 radical (unpaired) electrons. The van der Waals surface area contributed by atoms with Gasteiger partial charge in [0.05, 0.1) is 19.7 Å². The SMILES string of the molecule is CCn1c(=O)c2c(nc(CCC3CCCCCC3)n2Cc2c(F)cccc2Cl)n(CCO)c1=O. The maximum Gasteiger partial charge on any atom is 0.332 e. The smallest absolute Gasteiger partial charge is 0.332 e. The molecule has 4 rings (SSSR count). The van der Waals surface area contributed by atoms with Crippen LogP contribution >= 0.6 is 11.6 Å². The standard InChI is InChI=1S/C25H32ClFN4O3/c1-2-29-24(33)22-23(30(14-15-32)25(29)34)28-21(13-12-17-8-5-3-4-6-9-17)31(22)16-18-19(26)10-7-11-20(18)27/h7,10-11,17,32H,2-6,8-9,12-16H2,1H3. The number of halogens is 2. The molecule has 0 aliphatic heterocycles. The Kier molecular flexibility index (Phi) is 7.88. The minimum absolute atomic E-state index is 0.0230. The Balaban J connectivity index is 1.87. The molecule has 3 aromatic rings. The maximum absolute atomic E-state index is 14.7. The van der Waals surface area contributed by atoms with Gasteiger partial charge in [-0.1, -0.05) is 56.2 Å². The molecular formula is C25H32ClFN4O3. The zero-order valence-electron chi connectivity index (χ0n) is 19.6. The zero-order valence-corrected chi connectivity index (χ0v) is 20.4. The van der Waals surface area contributed by atoms with Crippen LogP contribution in [0, 0.1) is 11.7 Å². The van der Waals surface area contributed by atoms with Crippen molar-refractivity contribution in [3.63, 3.8) is 0 Å². The highest BCUT2D eigenvalue weighted by Gasteiger charge is 2.23. The van der Waals surface area contributed by atoms with E-state index in [4.69, 9.17) is 16.6 Å². The number of fused-ring (bicyclic) bond motifs is 1. The Morgan fingerprint density at radius 2 is 1.85 bits per heavy atom. The molecular weight excluding hydrogens is 459 g/mol. The van der Waals surface area contributed by atoms with Gasteiger partial charge < -0.3 is 9.67 Å². The van der Waals surface area contributed by atoms with Crippen molar-refractivity contribution in [3.05, 3.63) is 61.3 Å². The van der Waals surface area contributed by atoms with E-state index in [0.29, 0.717) is 18.2 Å². The third-order valence-corrected chi connectivity index (χ3v) is 7.32. The van der Waals surface area contributed by atoms with Gasteiger partial charge in [0.1, 0.15) is 11.6 Å². The number of aromatic nitrogens is 4. The van der Waals surface area contributed by atoms with Crippen LogP contribution in [0.3, 0.4) is 0 Å². The Labute approximate surface area is 202 Å². The van der Waals surface area contributed by atoms with Crippen LogP contribution in [-0.2, 0) is 26.1 Å². The first-order chi connectivity index (χ1) is 16.5. The minimum atomic E-state index is -0.502. The van der Waals surface area contributed by atoms with E-state index >= 15 is 0 Å². The van der Waals surface area contributed by atoms with Crippen LogP contribution in [0.25, 0.3) is 11.2 Å². The summed E-state index contributed by atoms with van der Waals surface area (Å²) in [4.78, 5) is 31.0. The van der Waals surface area contributed by atoms with Crippen molar-refractivity contribution >= 4 is 22.8 Å².